The fourth-order valence-electron chi connectivity index (χ4n) is 2.22. The molecule has 0 aromatic heterocycles. The Bertz CT molecular complexity index is 787. The van der Waals surface area contributed by atoms with E-state index in [1.54, 1.807) is 24.3 Å². The summed E-state index contributed by atoms with van der Waals surface area (Å²) in [5.41, 5.74) is 1.77. The number of alkyl halides is 2. The number of hydrogen-bond acceptors (Lipinski definition) is 3. The molecule has 7 heteroatoms. The van der Waals surface area contributed by atoms with Crippen LogP contribution in [0.5, 0.6) is 5.75 Å². The number of halogens is 2. The number of amides is 1. The van der Waals surface area contributed by atoms with Crippen LogP contribution < -0.4 is 15.4 Å². The molecule has 0 radical (unpaired) electrons. The van der Waals surface area contributed by atoms with Crippen molar-refractivity contribution in [2.24, 2.45) is 0 Å². The van der Waals surface area contributed by atoms with Gasteiger partial charge in [-0.05, 0) is 47.5 Å². The zero-order valence-corrected chi connectivity index (χ0v) is 15.5. The van der Waals surface area contributed by atoms with Gasteiger partial charge in [-0.3, -0.25) is 10.1 Å². The topological polar surface area (TPSA) is 50.4 Å². The maximum atomic E-state index is 12.4. The van der Waals surface area contributed by atoms with E-state index in [-0.39, 0.29) is 22.0 Å². The molecule has 0 aliphatic rings. The van der Waals surface area contributed by atoms with Crippen molar-refractivity contribution in [1.29, 1.82) is 0 Å². The number of anilines is 1. The third kappa shape index (κ3) is 5.49. The SMILES string of the molecule is CC(C)(C)c1ccc(C(=O)NC(=S)Nc2ccccc2OC(F)F)cc1. The Morgan fingerprint density at radius 2 is 1.69 bits per heavy atom. The fourth-order valence-corrected chi connectivity index (χ4v) is 2.42. The Balaban J connectivity index is 2.03. The van der Waals surface area contributed by atoms with Crippen LogP contribution in [0.2, 0.25) is 0 Å². The normalized spacial score (nSPS) is 11.2. The van der Waals surface area contributed by atoms with E-state index in [0.717, 1.165) is 5.56 Å². The molecule has 26 heavy (non-hydrogen) atoms. The maximum Gasteiger partial charge on any atom is 0.387 e. The first-order chi connectivity index (χ1) is 12.2. The summed E-state index contributed by atoms with van der Waals surface area (Å²) >= 11 is 5.08. The number of benzene rings is 2. The van der Waals surface area contributed by atoms with Gasteiger partial charge in [-0.25, -0.2) is 0 Å². The van der Waals surface area contributed by atoms with Gasteiger partial charge in [0.05, 0.1) is 5.69 Å². The molecule has 0 fully saturated rings. The van der Waals surface area contributed by atoms with Gasteiger partial charge in [0.15, 0.2) is 5.11 Å². The second kappa shape index (κ2) is 8.23. The molecular formula is C19H20F2N2O2S. The molecule has 0 aliphatic carbocycles. The van der Waals surface area contributed by atoms with Gasteiger partial charge < -0.3 is 10.1 Å². The van der Waals surface area contributed by atoms with E-state index in [1.165, 1.54) is 12.1 Å². The number of para-hydroxylation sites is 2. The molecule has 0 unspecified atom stereocenters. The summed E-state index contributed by atoms with van der Waals surface area (Å²) in [6.07, 6.45) is 0. The highest BCUT2D eigenvalue weighted by Crippen LogP contribution is 2.25. The second-order valence-corrected chi connectivity index (χ2v) is 7.02. The summed E-state index contributed by atoms with van der Waals surface area (Å²) in [5.74, 6) is -0.455. The molecule has 2 aromatic carbocycles. The van der Waals surface area contributed by atoms with Crippen LogP contribution in [0.4, 0.5) is 14.5 Å². The molecule has 0 heterocycles. The summed E-state index contributed by atoms with van der Waals surface area (Å²) in [6, 6.07) is 13.3. The number of carbonyl (C=O) groups excluding carboxylic acids is 1. The summed E-state index contributed by atoms with van der Waals surface area (Å²) in [6.45, 7) is 3.29. The zero-order chi connectivity index (χ0) is 19.3. The lowest BCUT2D eigenvalue weighted by Crippen LogP contribution is -2.34. The zero-order valence-electron chi connectivity index (χ0n) is 14.7. The van der Waals surface area contributed by atoms with Gasteiger partial charge in [-0.2, -0.15) is 8.78 Å². The van der Waals surface area contributed by atoms with Crippen LogP contribution in [0.25, 0.3) is 0 Å². The van der Waals surface area contributed by atoms with Gasteiger partial charge in [0.25, 0.3) is 5.91 Å². The average Bonchev–Trinajstić information content (AvgIpc) is 2.55. The van der Waals surface area contributed by atoms with Gasteiger partial charge in [-0.15, -0.1) is 0 Å². The quantitative estimate of drug-likeness (QED) is 0.757. The third-order valence-electron chi connectivity index (χ3n) is 3.59. The highest BCUT2D eigenvalue weighted by molar-refractivity contribution is 7.80. The van der Waals surface area contributed by atoms with Gasteiger partial charge in [0.1, 0.15) is 5.75 Å². The maximum absolute atomic E-state index is 12.4. The first kappa shape index (κ1) is 19.8. The van der Waals surface area contributed by atoms with E-state index in [1.807, 2.05) is 12.1 Å². The Hall–Kier alpha value is -2.54. The number of carbonyl (C=O) groups is 1. The van der Waals surface area contributed by atoms with Crippen LogP contribution in [0, 0.1) is 0 Å². The molecule has 2 rings (SSSR count). The Morgan fingerprint density at radius 1 is 1.08 bits per heavy atom. The molecule has 2 N–H and O–H groups in total. The monoisotopic (exact) mass is 378 g/mol. The van der Waals surface area contributed by atoms with E-state index < -0.39 is 12.5 Å². The summed E-state index contributed by atoms with van der Waals surface area (Å²) in [4.78, 5) is 12.3. The van der Waals surface area contributed by atoms with Crippen LogP contribution >= 0.6 is 12.2 Å². The highest BCUT2D eigenvalue weighted by atomic mass is 32.1. The van der Waals surface area contributed by atoms with E-state index in [4.69, 9.17) is 12.2 Å². The molecule has 0 bridgehead atoms. The number of ether oxygens (including phenoxy) is 1. The number of nitrogens with one attached hydrogen (secondary N) is 2. The molecule has 0 spiro atoms. The largest absolute Gasteiger partial charge is 0.433 e. The Kier molecular flexibility index (Phi) is 6.26. The van der Waals surface area contributed by atoms with Crippen molar-refractivity contribution < 1.29 is 18.3 Å². The molecule has 138 valence electrons. The molecule has 1 amide bonds. The van der Waals surface area contributed by atoms with Crippen molar-refractivity contribution in [2.45, 2.75) is 32.8 Å². The van der Waals surface area contributed by atoms with Gasteiger partial charge in [0.2, 0.25) is 0 Å². The van der Waals surface area contributed by atoms with Gasteiger partial charge in [0, 0.05) is 5.56 Å². The molecule has 0 atom stereocenters. The van der Waals surface area contributed by atoms with Crippen LogP contribution in [0.3, 0.4) is 0 Å². The summed E-state index contributed by atoms with van der Waals surface area (Å²) in [7, 11) is 0. The van der Waals surface area contributed by atoms with Crippen molar-refractivity contribution in [3.05, 3.63) is 59.7 Å². The fraction of sp³-hybridized carbons (Fsp3) is 0.263. The molecular weight excluding hydrogens is 358 g/mol. The van der Waals surface area contributed by atoms with Crippen LogP contribution in [-0.2, 0) is 5.41 Å². The lowest BCUT2D eigenvalue weighted by atomic mass is 9.87. The molecule has 0 aliphatic heterocycles. The van der Waals surface area contributed by atoms with E-state index in [9.17, 15) is 13.6 Å². The Labute approximate surface area is 156 Å². The van der Waals surface area contributed by atoms with Crippen molar-refractivity contribution in [3.63, 3.8) is 0 Å². The smallest absolute Gasteiger partial charge is 0.387 e. The number of hydrogen-bond donors (Lipinski definition) is 2. The minimum absolute atomic E-state index is 0.0136. The second-order valence-electron chi connectivity index (χ2n) is 6.61. The predicted octanol–water partition coefficient (Wildman–Crippen LogP) is 4.71. The van der Waals surface area contributed by atoms with Gasteiger partial charge >= 0.3 is 6.61 Å². The van der Waals surface area contributed by atoms with Crippen molar-refractivity contribution in [2.75, 3.05) is 5.32 Å². The lowest BCUT2D eigenvalue weighted by Gasteiger charge is -2.19. The van der Waals surface area contributed by atoms with Crippen molar-refractivity contribution in [1.82, 2.24) is 5.32 Å². The highest BCUT2D eigenvalue weighted by Gasteiger charge is 2.15. The summed E-state index contributed by atoms with van der Waals surface area (Å²) < 4.78 is 29.3. The third-order valence-corrected chi connectivity index (χ3v) is 3.80. The molecule has 4 nitrogen and oxygen atoms in total. The van der Waals surface area contributed by atoms with Crippen molar-refractivity contribution in [3.8, 4) is 5.75 Å². The Morgan fingerprint density at radius 3 is 2.27 bits per heavy atom. The molecule has 0 saturated carbocycles. The van der Waals surface area contributed by atoms with E-state index >= 15 is 0 Å². The van der Waals surface area contributed by atoms with E-state index in [2.05, 4.69) is 36.1 Å². The predicted molar refractivity (Wildman–Crippen MR) is 102 cm³/mol. The number of thiocarbonyl (C=S) groups is 1. The van der Waals surface area contributed by atoms with Crippen molar-refractivity contribution >= 4 is 28.9 Å². The van der Waals surface area contributed by atoms with Gasteiger partial charge in [-0.1, -0.05) is 45.0 Å². The summed E-state index contributed by atoms with van der Waals surface area (Å²) in [5, 5.41) is 5.20. The average molecular weight is 378 g/mol. The molecule has 0 saturated heterocycles. The van der Waals surface area contributed by atoms with E-state index in [0.29, 0.717) is 5.56 Å². The first-order valence-corrected chi connectivity index (χ1v) is 8.34. The standard InChI is InChI=1S/C19H20F2N2O2S/c1-19(2,3)13-10-8-12(9-11-13)16(24)23-18(26)22-14-6-4-5-7-15(14)25-17(20)21/h4-11,17H,1-3H3,(H2,22,23,24,26). The van der Waals surface area contributed by atoms with Crippen LogP contribution in [0.15, 0.2) is 48.5 Å². The minimum Gasteiger partial charge on any atom is -0.433 e. The number of rotatable bonds is 4. The minimum atomic E-state index is -2.96. The lowest BCUT2D eigenvalue weighted by molar-refractivity contribution is -0.0493. The van der Waals surface area contributed by atoms with Crippen LogP contribution in [0.1, 0.15) is 36.7 Å². The molecule has 2 aromatic rings. The van der Waals surface area contributed by atoms with Crippen LogP contribution in [-0.4, -0.2) is 17.6 Å². The first-order valence-electron chi connectivity index (χ1n) is 7.93.